The largest absolute Gasteiger partial charge is 0.507 e. The smallest absolute Gasteiger partial charge is 0.238 e. The van der Waals surface area contributed by atoms with Crippen LogP contribution in [0.3, 0.4) is 0 Å². The van der Waals surface area contributed by atoms with Crippen LogP contribution in [0.15, 0.2) is 96.2 Å². The number of anilines is 2. The number of imidazole rings is 1. The van der Waals surface area contributed by atoms with Gasteiger partial charge in [-0.25, -0.2) is 4.98 Å². The highest BCUT2D eigenvalue weighted by Gasteiger charge is 2.44. The fraction of sp³-hybridized carbons (Fsp3) is 0.500. The molecule has 1 amide bonds. The molecule has 3 aliphatic heterocycles. The van der Waals surface area contributed by atoms with E-state index in [0.717, 1.165) is 112 Å². The number of para-hydroxylation sites is 1. The molecule has 1 unspecified atom stereocenters. The Bertz CT molecular complexity index is 3050. The number of nitrogens with zero attached hydrogens (tertiary/aromatic N) is 11. The molecule has 1 saturated carbocycles. The highest BCUT2D eigenvalue weighted by Crippen LogP contribution is 2.38. The summed E-state index contributed by atoms with van der Waals surface area (Å²) in [6.07, 6.45) is 14.7. The van der Waals surface area contributed by atoms with Gasteiger partial charge in [-0.1, -0.05) is 55.4 Å². The number of aliphatic hydroxyl groups is 2. The second-order valence-electron chi connectivity index (χ2n) is 21.9. The summed E-state index contributed by atoms with van der Waals surface area (Å²) < 4.78 is 18.3. The number of aromatic hydroxyl groups is 1. The molecule has 19 nitrogen and oxygen atoms in total. The van der Waals surface area contributed by atoms with Crippen molar-refractivity contribution in [2.75, 3.05) is 49.9 Å². The predicted molar refractivity (Wildman–Crippen MR) is 284 cm³/mol. The van der Waals surface area contributed by atoms with E-state index in [1.54, 1.807) is 23.2 Å². The zero-order chi connectivity index (χ0) is 51.9. The maximum absolute atomic E-state index is 13.8. The van der Waals surface area contributed by atoms with Gasteiger partial charge in [-0.15, -0.1) is 0 Å². The van der Waals surface area contributed by atoms with Gasteiger partial charge in [0.05, 0.1) is 53.9 Å². The third-order valence-corrected chi connectivity index (χ3v) is 16.3. The van der Waals surface area contributed by atoms with Crippen LogP contribution in [-0.4, -0.2) is 140 Å². The van der Waals surface area contributed by atoms with Crippen LogP contribution in [-0.2, 0) is 23.1 Å². The number of hydrogen-bond acceptors (Lipinski definition) is 15. The molecule has 0 spiro atoms. The number of aromatic nitrogens is 8. The van der Waals surface area contributed by atoms with Crippen LogP contribution in [0.2, 0.25) is 0 Å². The minimum Gasteiger partial charge on any atom is -0.507 e. The van der Waals surface area contributed by atoms with E-state index >= 15 is 0 Å². The number of hydrogen-bond donors (Lipinski definition) is 5. The number of piperidine rings is 2. The van der Waals surface area contributed by atoms with Crippen LogP contribution in [0.4, 0.5) is 11.6 Å². The molecule has 1 aliphatic carbocycles. The topological polar surface area (TPSA) is 227 Å². The number of phenolic OH excluding ortho intramolecular Hbond substituents is 1. The van der Waals surface area contributed by atoms with Crippen LogP contribution in [0.1, 0.15) is 89.0 Å². The van der Waals surface area contributed by atoms with Crippen molar-refractivity contribution >= 4 is 23.3 Å². The van der Waals surface area contributed by atoms with Crippen LogP contribution in [0.5, 0.6) is 5.75 Å². The lowest BCUT2D eigenvalue weighted by Gasteiger charge is -2.41. The van der Waals surface area contributed by atoms with E-state index in [9.17, 15) is 20.1 Å². The summed E-state index contributed by atoms with van der Waals surface area (Å²) in [5, 5.41) is 49.7. The first-order chi connectivity index (χ1) is 36.3. The molecule has 0 bridgehead atoms. The van der Waals surface area contributed by atoms with Gasteiger partial charge in [0.15, 0.2) is 5.82 Å². The van der Waals surface area contributed by atoms with Gasteiger partial charge in [0.2, 0.25) is 11.7 Å². The Hall–Kier alpha value is -6.64. The summed E-state index contributed by atoms with van der Waals surface area (Å²) in [6, 6.07) is 18.1. The van der Waals surface area contributed by atoms with Crippen molar-refractivity contribution < 1.29 is 29.4 Å². The van der Waals surface area contributed by atoms with Crippen molar-refractivity contribution in [1.29, 1.82) is 0 Å². The SMILES string of the molecule is CC(C)[C@H](c1cc(N2CCC(CN3CCC(O[C@H]4C[C@H](Cn5cc(-c6cn7cc(-c8ccccc8O)nc7nc6N)cn5)C4)CC3)CC2)no1)C(O)N1C[C@H](O)C[C@H]1C(=O)N[C@@H](C)c1ccc(-c2ccnn2C)cc1. The lowest BCUT2D eigenvalue weighted by atomic mass is 9.82. The summed E-state index contributed by atoms with van der Waals surface area (Å²) in [4.78, 5) is 29.6. The quantitative estimate of drug-likeness (QED) is 0.0658. The van der Waals surface area contributed by atoms with E-state index in [4.69, 9.17) is 15.0 Å². The molecule has 4 fully saturated rings. The van der Waals surface area contributed by atoms with E-state index < -0.39 is 24.3 Å². The van der Waals surface area contributed by atoms with E-state index in [0.29, 0.717) is 52.7 Å². The first-order valence-electron chi connectivity index (χ1n) is 26.9. The normalized spacial score (nSPS) is 22.5. The van der Waals surface area contributed by atoms with E-state index in [1.165, 1.54) is 0 Å². The second kappa shape index (κ2) is 21.5. The average molecular weight is 1020 g/mol. The van der Waals surface area contributed by atoms with Crippen LogP contribution >= 0.6 is 0 Å². The molecule has 75 heavy (non-hydrogen) atoms. The molecule has 4 aliphatic rings. The number of carbonyl (C=O) groups is 1. The third-order valence-electron chi connectivity index (χ3n) is 16.3. The van der Waals surface area contributed by atoms with Gasteiger partial charge in [-0.2, -0.15) is 15.2 Å². The number of fused-ring (bicyclic) bond motifs is 1. The zero-order valence-electron chi connectivity index (χ0n) is 43.4. The Morgan fingerprint density at radius 2 is 1.64 bits per heavy atom. The summed E-state index contributed by atoms with van der Waals surface area (Å²) in [5.41, 5.74) is 12.3. The Morgan fingerprint density at radius 1 is 0.867 bits per heavy atom. The van der Waals surface area contributed by atoms with E-state index in [1.807, 2.05) is 115 Å². The van der Waals surface area contributed by atoms with Crippen molar-refractivity contribution in [3.8, 4) is 39.4 Å². The minimum atomic E-state index is -1.06. The molecule has 8 heterocycles. The molecule has 7 aromatic rings. The number of nitrogens with two attached hydrogens (primary N) is 1. The fourth-order valence-electron chi connectivity index (χ4n) is 12.0. The molecule has 0 radical (unpaired) electrons. The van der Waals surface area contributed by atoms with Crippen LogP contribution < -0.4 is 16.0 Å². The molecular weight excluding hydrogens is 951 g/mol. The number of carbonyl (C=O) groups excluding carboxylic acids is 1. The van der Waals surface area contributed by atoms with Crippen LogP contribution in [0, 0.1) is 17.8 Å². The number of likely N-dealkylation sites (tertiary alicyclic amines) is 2. The number of β-amino-alcohol motifs (C(OH)–C–C–N with tert-alkyl or cyclic N) is 1. The highest BCUT2D eigenvalue weighted by atomic mass is 16.5. The van der Waals surface area contributed by atoms with Crippen molar-refractivity contribution in [2.45, 2.75) is 115 Å². The first kappa shape index (κ1) is 50.5. The number of ether oxygens (including phenoxy) is 1. The highest BCUT2D eigenvalue weighted by molar-refractivity contribution is 5.82. The lowest BCUT2D eigenvalue weighted by Crippen LogP contribution is -2.50. The molecule has 5 atom stereocenters. The molecular formula is C56H71N13O6. The van der Waals surface area contributed by atoms with Gasteiger partial charge in [-0.3, -0.25) is 23.5 Å². The maximum Gasteiger partial charge on any atom is 0.238 e. The number of benzene rings is 2. The standard InChI is InChI=1S/C56H71N13O6/c1-34(2)52(55(73)69-31-41(70)25-48(69)54(72)60-35(3)38-9-11-39(12-10-38)47-13-18-58-64(47)4)50-26-51(63-75-50)66-21-14-36(15-22-66)28-65-19-16-42(17-20-65)74-43-23-37(24-43)29-68-30-40(27-59-68)45-32-67-33-46(61-56(67)62-53(45)57)44-7-5-6-8-49(44)71/h5-13,18,26-27,30,32-37,41-43,48,52,55,70-71,73H,14-17,19-25,28-29,31H2,1-4H3,(H,60,72)(H2,57,61,62)/t35-,37-,41+,43-,48-,52+,55?/m0/s1. The van der Waals surface area contributed by atoms with Gasteiger partial charge in [0.1, 0.15) is 23.6 Å². The molecule has 5 aromatic heterocycles. The summed E-state index contributed by atoms with van der Waals surface area (Å²) in [6.45, 7) is 12.0. The van der Waals surface area contributed by atoms with E-state index in [-0.39, 0.29) is 36.6 Å². The summed E-state index contributed by atoms with van der Waals surface area (Å²) >= 11 is 0. The van der Waals surface area contributed by atoms with Gasteiger partial charge < -0.3 is 45.4 Å². The Kier molecular flexibility index (Phi) is 14.5. The zero-order valence-corrected chi connectivity index (χ0v) is 43.4. The minimum absolute atomic E-state index is 0.0296. The van der Waals surface area contributed by atoms with Crippen molar-refractivity contribution in [2.24, 2.45) is 24.8 Å². The average Bonchev–Trinajstić information content (AvgIpc) is 4.27. The number of phenols is 1. The van der Waals surface area contributed by atoms with Crippen LogP contribution in [0.25, 0.3) is 39.4 Å². The number of amides is 1. The maximum atomic E-state index is 13.8. The fourth-order valence-corrected chi connectivity index (χ4v) is 12.0. The summed E-state index contributed by atoms with van der Waals surface area (Å²) in [7, 11) is 1.91. The van der Waals surface area contributed by atoms with Crippen molar-refractivity contribution in [3.63, 3.8) is 0 Å². The van der Waals surface area contributed by atoms with Gasteiger partial charge in [-0.05, 0) is 98.9 Å². The van der Waals surface area contributed by atoms with Gasteiger partial charge in [0, 0.05) is 100 Å². The number of aliphatic hydroxyl groups excluding tert-OH is 2. The number of nitrogens with one attached hydrogen (secondary N) is 1. The second-order valence-corrected chi connectivity index (χ2v) is 21.9. The first-order valence-corrected chi connectivity index (χ1v) is 26.9. The van der Waals surface area contributed by atoms with Gasteiger partial charge >= 0.3 is 0 Å². The van der Waals surface area contributed by atoms with Crippen molar-refractivity contribution in [3.05, 3.63) is 103 Å². The Morgan fingerprint density at radius 3 is 2.37 bits per heavy atom. The summed E-state index contributed by atoms with van der Waals surface area (Å²) in [5.74, 6) is 2.76. The Balaban J connectivity index is 0.605. The monoisotopic (exact) mass is 1020 g/mol. The number of rotatable bonds is 17. The Labute approximate surface area is 437 Å². The molecule has 19 heteroatoms. The molecule has 6 N–H and O–H groups in total. The van der Waals surface area contributed by atoms with E-state index in [2.05, 4.69) is 40.4 Å². The third kappa shape index (κ3) is 10.9. The van der Waals surface area contributed by atoms with Crippen molar-refractivity contribution in [1.82, 2.24) is 54.2 Å². The van der Waals surface area contributed by atoms with Gasteiger partial charge in [0.25, 0.3) is 0 Å². The lowest BCUT2D eigenvalue weighted by molar-refractivity contribution is -0.131. The molecule has 396 valence electrons. The predicted octanol–water partition coefficient (Wildman–Crippen LogP) is 6.48. The molecule has 11 rings (SSSR count). The number of aryl methyl sites for hydroxylation is 1. The molecule has 3 saturated heterocycles. The molecule has 2 aromatic carbocycles. The number of nitrogen functional groups attached to an aromatic ring is 1.